The van der Waals surface area contributed by atoms with Crippen molar-refractivity contribution in [2.45, 2.75) is 17.9 Å². The minimum atomic E-state index is -3.58. The van der Waals surface area contributed by atoms with Gasteiger partial charge in [0.05, 0.1) is 16.3 Å². The summed E-state index contributed by atoms with van der Waals surface area (Å²) in [4.78, 5) is 27.2. The van der Waals surface area contributed by atoms with Crippen LogP contribution in [0.3, 0.4) is 0 Å². The number of rotatable bonds is 4. The van der Waals surface area contributed by atoms with Gasteiger partial charge in [-0.25, -0.2) is 8.42 Å². The zero-order chi connectivity index (χ0) is 20.5. The first-order chi connectivity index (χ1) is 13.2. The zero-order valence-corrected chi connectivity index (χ0v) is 17.7. The van der Waals surface area contributed by atoms with Crippen molar-refractivity contribution < 1.29 is 18.0 Å². The van der Waals surface area contributed by atoms with Crippen LogP contribution in [0.5, 0.6) is 0 Å². The number of hydrogen-bond donors (Lipinski definition) is 1. The number of nitrogens with one attached hydrogen (secondary N) is 1. The highest BCUT2D eigenvalue weighted by Crippen LogP contribution is 2.27. The van der Waals surface area contributed by atoms with Crippen molar-refractivity contribution in [2.24, 2.45) is 0 Å². The van der Waals surface area contributed by atoms with Crippen LogP contribution in [-0.4, -0.2) is 49.1 Å². The first kappa shape index (κ1) is 20.7. The third-order valence-electron chi connectivity index (χ3n) is 4.32. The van der Waals surface area contributed by atoms with Crippen LogP contribution in [0.15, 0.2) is 47.4 Å². The quantitative estimate of drug-likeness (QED) is 0.792. The molecule has 1 unspecified atom stereocenters. The first-order valence-corrected chi connectivity index (χ1v) is 11.8. The molecule has 0 bridgehead atoms. The lowest BCUT2D eigenvalue weighted by molar-refractivity contribution is -0.119. The number of anilines is 1. The molecule has 1 aliphatic rings. The molecule has 0 saturated carbocycles. The molecule has 2 aromatic carbocycles. The normalized spacial score (nSPS) is 16.8. The van der Waals surface area contributed by atoms with E-state index in [1.807, 2.05) is 0 Å². The molecule has 1 heterocycles. The Labute approximate surface area is 173 Å². The number of sulfone groups is 1. The van der Waals surface area contributed by atoms with E-state index >= 15 is 0 Å². The van der Waals surface area contributed by atoms with Crippen molar-refractivity contribution in [1.82, 2.24) is 4.90 Å². The Hall–Kier alpha value is -2.03. The van der Waals surface area contributed by atoms with E-state index in [-0.39, 0.29) is 16.4 Å². The number of aryl methyl sites for hydroxylation is 1. The molecule has 3 rings (SSSR count). The molecule has 1 aliphatic heterocycles. The van der Waals surface area contributed by atoms with Gasteiger partial charge in [-0.1, -0.05) is 23.2 Å². The number of carbonyl (C=O) groups excluding carboxylic acids is 2. The molecule has 1 fully saturated rings. The second-order valence-electron chi connectivity index (χ2n) is 6.56. The zero-order valence-electron chi connectivity index (χ0n) is 15.3. The Morgan fingerprint density at radius 2 is 1.86 bits per heavy atom. The first-order valence-electron chi connectivity index (χ1n) is 8.42. The topological polar surface area (TPSA) is 83.6 Å². The Balaban J connectivity index is 1.87. The molecular weight excluding hydrogens is 420 g/mol. The summed E-state index contributed by atoms with van der Waals surface area (Å²) in [5.74, 6) is -0.0422. The summed E-state index contributed by atoms with van der Waals surface area (Å²) in [5.41, 5.74) is 1.44. The van der Waals surface area contributed by atoms with E-state index in [0.29, 0.717) is 22.3 Å². The summed E-state index contributed by atoms with van der Waals surface area (Å²) in [6.07, 6.45) is 1.07. The van der Waals surface area contributed by atoms with E-state index in [4.69, 9.17) is 11.6 Å². The van der Waals surface area contributed by atoms with Gasteiger partial charge in [-0.2, -0.15) is 0 Å². The molecular formula is C19H19ClN2O4S2. The summed E-state index contributed by atoms with van der Waals surface area (Å²) in [6.45, 7) is 1.78. The van der Waals surface area contributed by atoms with Gasteiger partial charge in [0.15, 0.2) is 9.84 Å². The van der Waals surface area contributed by atoms with Gasteiger partial charge in [0.1, 0.15) is 6.04 Å². The summed E-state index contributed by atoms with van der Waals surface area (Å²) in [5, 5.41) is 3.34. The van der Waals surface area contributed by atoms with Crippen molar-refractivity contribution in [3.63, 3.8) is 0 Å². The molecule has 6 nitrogen and oxygen atoms in total. The Morgan fingerprint density at radius 1 is 1.18 bits per heavy atom. The van der Waals surface area contributed by atoms with E-state index in [1.165, 1.54) is 22.7 Å². The highest BCUT2D eigenvalue weighted by Gasteiger charge is 2.36. The van der Waals surface area contributed by atoms with E-state index < -0.39 is 21.8 Å². The molecule has 0 spiro atoms. The lowest BCUT2D eigenvalue weighted by Gasteiger charge is -2.24. The van der Waals surface area contributed by atoms with Gasteiger partial charge in [-0.3, -0.25) is 9.59 Å². The summed E-state index contributed by atoms with van der Waals surface area (Å²) in [6, 6.07) is 10.6. The number of amides is 2. The number of nitrogens with zero attached hydrogens (tertiary/aromatic N) is 1. The lowest BCUT2D eigenvalue weighted by Crippen LogP contribution is -2.44. The molecule has 1 atom stereocenters. The minimum absolute atomic E-state index is 0.0307. The van der Waals surface area contributed by atoms with Crippen LogP contribution in [0.4, 0.5) is 5.69 Å². The third-order valence-corrected chi connectivity index (χ3v) is 6.74. The smallest absolute Gasteiger partial charge is 0.256 e. The largest absolute Gasteiger partial charge is 0.324 e. The van der Waals surface area contributed by atoms with Gasteiger partial charge < -0.3 is 10.2 Å². The molecule has 1 saturated heterocycles. The molecule has 0 radical (unpaired) electrons. The molecule has 28 heavy (non-hydrogen) atoms. The monoisotopic (exact) mass is 438 g/mol. The predicted molar refractivity (Wildman–Crippen MR) is 112 cm³/mol. The van der Waals surface area contributed by atoms with Crippen LogP contribution in [0.25, 0.3) is 0 Å². The van der Waals surface area contributed by atoms with Crippen LogP contribution in [0.2, 0.25) is 5.02 Å². The number of halogens is 1. The highest BCUT2D eigenvalue weighted by atomic mass is 35.5. The second-order valence-corrected chi connectivity index (χ2v) is 9.98. The van der Waals surface area contributed by atoms with Gasteiger partial charge in [-0.05, 0) is 43.3 Å². The highest BCUT2D eigenvalue weighted by molar-refractivity contribution is 7.99. The Morgan fingerprint density at radius 3 is 2.50 bits per heavy atom. The van der Waals surface area contributed by atoms with Crippen LogP contribution in [0, 0.1) is 6.92 Å². The van der Waals surface area contributed by atoms with E-state index in [1.54, 1.807) is 43.3 Å². The van der Waals surface area contributed by atoms with Crippen LogP contribution in [0.1, 0.15) is 15.9 Å². The molecule has 0 aliphatic carbocycles. The van der Waals surface area contributed by atoms with Crippen molar-refractivity contribution in [2.75, 3.05) is 23.2 Å². The maximum Gasteiger partial charge on any atom is 0.256 e. The van der Waals surface area contributed by atoms with Gasteiger partial charge >= 0.3 is 0 Å². The fraction of sp³-hybridized carbons (Fsp3) is 0.263. The van der Waals surface area contributed by atoms with Crippen molar-refractivity contribution >= 4 is 50.7 Å². The molecule has 0 aromatic heterocycles. The predicted octanol–water partition coefficient (Wildman–Crippen LogP) is 3.21. The minimum Gasteiger partial charge on any atom is -0.324 e. The average Bonchev–Trinajstić information content (AvgIpc) is 3.11. The lowest BCUT2D eigenvalue weighted by atomic mass is 10.1. The number of hydrogen-bond acceptors (Lipinski definition) is 5. The fourth-order valence-corrected chi connectivity index (χ4v) is 5.05. The van der Waals surface area contributed by atoms with Gasteiger partial charge in [0, 0.05) is 22.7 Å². The SMILES string of the molecule is Cc1ccc(S(C)(=O)=O)c(C(=O)N2CSCC2C(=O)Nc2ccc(Cl)cc2)c1. The summed E-state index contributed by atoms with van der Waals surface area (Å²) >= 11 is 7.30. The van der Waals surface area contributed by atoms with Gasteiger partial charge in [-0.15, -0.1) is 11.8 Å². The maximum atomic E-state index is 13.1. The van der Waals surface area contributed by atoms with Crippen molar-refractivity contribution in [3.8, 4) is 0 Å². The molecule has 2 aromatic rings. The molecule has 9 heteroatoms. The van der Waals surface area contributed by atoms with Crippen molar-refractivity contribution in [3.05, 3.63) is 58.6 Å². The van der Waals surface area contributed by atoms with Gasteiger partial charge in [0.25, 0.3) is 5.91 Å². The summed E-state index contributed by atoms with van der Waals surface area (Å²) < 4.78 is 24.2. The Bertz CT molecular complexity index is 1020. The molecule has 148 valence electrons. The number of benzene rings is 2. The van der Waals surface area contributed by atoms with Gasteiger partial charge in [0.2, 0.25) is 5.91 Å². The third kappa shape index (κ3) is 4.51. The molecule has 2 amide bonds. The summed E-state index contributed by atoms with van der Waals surface area (Å²) in [7, 11) is -3.58. The van der Waals surface area contributed by atoms with Crippen LogP contribution in [-0.2, 0) is 14.6 Å². The van der Waals surface area contributed by atoms with Crippen LogP contribution < -0.4 is 5.32 Å². The second kappa shape index (κ2) is 8.14. The molecule has 1 N–H and O–H groups in total. The number of carbonyl (C=O) groups is 2. The fourth-order valence-electron chi connectivity index (χ4n) is 2.91. The average molecular weight is 439 g/mol. The van der Waals surface area contributed by atoms with E-state index in [2.05, 4.69) is 5.32 Å². The maximum absolute atomic E-state index is 13.1. The number of thioether (sulfide) groups is 1. The van der Waals surface area contributed by atoms with Crippen molar-refractivity contribution in [1.29, 1.82) is 0 Å². The Kier molecular flexibility index (Phi) is 6.02. The van der Waals surface area contributed by atoms with E-state index in [9.17, 15) is 18.0 Å². The van der Waals surface area contributed by atoms with E-state index in [0.717, 1.165) is 11.8 Å². The standard InChI is InChI=1S/C19H19ClN2O4S2/c1-12-3-8-17(28(2,25)26)15(9-12)19(24)22-11-27-10-16(22)18(23)21-14-6-4-13(20)5-7-14/h3-9,16H,10-11H2,1-2H3,(H,21,23). The van der Waals surface area contributed by atoms with Crippen LogP contribution >= 0.6 is 23.4 Å².